The molecule has 2 heterocycles. The van der Waals surface area contributed by atoms with Gasteiger partial charge in [-0.25, -0.2) is 9.18 Å². The van der Waals surface area contributed by atoms with Crippen molar-refractivity contribution in [2.45, 2.75) is 58.0 Å². The van der Waals surface area contributed by atoms with E-state index in [4.69, 9.17) is 14.7 Å². The van der Waals surface area contributed by atoms with E-state index in [-0.39, 0.29) is 12.2 Å². The van der Waals surface area contributed by atoms with Crippen molar-refractivity contribution >= 4 is 6.09 Å². The van der Waals surface area contributed by atoms with Gasteiger partial charge >= 0.3 is 6.09 Å². The lowest BCUT2D eigenvalue weighted by molar-refractivity contribution is -0.185. The number of pyridine rings is 1. The fourth-order valence-corrected chi connectivity index (χ4v) is 3.52. The van der Waals surface area contributed by atoms with Crippen molar-refractivity contribution in [2.75, 3.05) is 6.54 Å². The second-order valence-corrected chi connectivity index (χ2v) is 8.30. The molecule has 1 aliphatic rings. The van der Waals surface area contributed by atoms with E-state index >= 15 is 0 Å². The van der Waals surface area contributed by atoms with Crippen LogP contribution in [0.25, 0.3) is 0 Å². The lowest BCUT2D eigenvalue weighted by atomic mass is 9.94. The van der Waals surface area contributed by atoms with Gasteiger partial charge in [0.15, 0.2) is 5.72 Å². The highest BCUT2D eigenvalue weighted by molar-refractivity contribution is 5.69. The Morgan fingerprint density at radius 2 is 2.10 bits per heavy atom. The van der Waals surface area contributed by atoms with Gasteiger partial charge in [0.2, 0.25) is 0 Å². The van der Waals surface area contributed by atoms with Crippen LogP contribution in [0, 0.1) is 17.1 Å². The first kappa shape index (κ1) is 21.7. The summed E-state index contributed by atoms with van der Waals surface area (Å²) in [7, 11) is 0. The van der Waals surface area contributed by atoms with Crippen LogP contribution >= 0.6 is 0 Å². The number of piperidine rings is 1. The first-order chi connectivity index (χ1) is 14.2. The Hall–Kier alpha value is -2.98. The van der Waals surface area contributed by atoms with E-state index < -0.39 is 23.2 Å². The number of nitriles is 1. The van der Waals surface area contributed by atoms with E-state index in [1.54, 1.807) is 29.3 Å². The van der Waals surface area contributed by atoms with Gasteiger partial charge in [0.25, 0.3) is 0 Å². The van der Waals surface area contributed by atoms with E-state index in [9.17, 15) is 9.18 Å². The average molecular weight is 411 g/mol. The third-order valence-corrected chi connectivity index (χ3v) is 4.91. The summed E-state index contributed by atoms with van der Waals surface area (Å²) in [5, 5.41) is 8.95. The quantitative estimate of drug-likeness (QED) is 0.716. The number of nitrogens with zero attached hydrogens (tertiary/aromatic N) is 3. The molecule has 0 bridgehead atoms. The van der Waals surface area contributed by atoms with Crippen LogP contribution in [-0.2, 0) is 21.8 Å². The Labute approximate surface area is 176 Å². The molecule has 6 nitrogen and oxygen atoms in total. The second-order valence-electron chi connectivity index (χ2n) is 8.30. The van der Waals surface area contributed by atoms with Crippen LogP contribution < -0.4 is 0 Å². The van der Waals surface area contributed by atoms with Gasteiger partial charge in [0.05, 0.1) is 23.9 Å². The number of likely N-dealkylation sites (tertiary alicyclic amines) is 1. The third kappa shape index (κ3) is 4.77. The van der Waals surface area contributed by atoms with Crippen LogP contribution in [0.1, 0.15) is 56.9 Å². The molecule has 1 fully saturated rings. The molecule has 2 aromatic rings. The molecule has 0 saturated carbocycles. The standard InChI is InChI=1S/C23H26FN3O3/c1-22(2,3)30-21(28)27-13-7-5-11-23(27,20-8-4-6-12-26-20)29-16-18-10-9-17(15-25)14-19(18)24/h4,6,8-10,12,14H,5,7,11,13,16H2,1-3H3. The van der Waals surface area contributed by atoms with E-state index in [0.717, 1.165) is 12.8 Å². The molecule has 7 heteroatoms. The lowest BCUT2D eigenvalue weighted by Crippen LogP contribution is -2.55. The number of amides is 1. The summed E-state index contributed by atoms with van der Waals surface area (Å²) in [6.07, 6.45) is 3.30. The molecular formula is C23H26FN3O3. The number of ether oxygens (including phenoxy) is 2. The number of benzene rings is 1. The predicted molar refractivity (Wildman–Crippen MR) is 109 cm³/mol. The van der Waals surface area contributed by atoms with Gasteiger partial charge in [-0.3, -0.25) is 9.88 Å². The van der Waals surface area contributed by atoms with Crippen LogP contribution in [0.2, 0.25) is 0 Å². The summed E-state index contributed by atoms with van der Waals surface area (Å²) in [5.74, 6) is -0.523. The number of carbonyl (C=O) groups is 1. The topological polar surface area (TPSA) is 75.4 Å². The highest BCUT2D eigenvalue weighted by atomic mass is 19.1. The fourth-order valence-electron chi connectivity index (χ4n) is 3.52. The van der Waals surface area contributed by atoms with Crippen LogP contribution in [0.4, 0.5) is 9.18 Å². The van der Waals surface area contributed by atoms with Crippen LogP contribution in [0.15, 0.2) is 42.6 Å². The highest BCUT2D eigenvalue weighted by Crippen LogP contribution is 2.39. The van der Waals surface area contributed by atoms with Crippen LogP contribution in [-0.4, -0.2) is 28.1 Å². The molecule has 0 N–H and O–H groups in total. The maximum Gasteiger partial charge on any atom is 0.412 e. The third-order valence-electron chi connectivity index (χ3n) is 4.91. The summed E-state index contributed by atoms with van der Waals surface area (Å²) in [5.41, 5.74) is -0.710. The van der Waals surface area contributed by atoms with E-state index in [1.807, 2.05) is 32.9 Å². The summed E-state index contributed by atoms with van der Waals surface area (Å²) in [4.78, 5) is 19.1. The minimum absolute atomic E-state index is 0.0760. The van der Waals surface area contributed by atoms with Crippen molar-refractivity contribution < 1.29 is 18.7 Å². The molecule has 1 aromatic carbocycles. The van der Waals surface area contributed by atoms with Crippen molar-refractivity contribution in [1.82, 2.24) is 9.88 Å². The van der Waals surface area contributed by atoms with Gasteiger partial charge in [-0.1, -0.05) is 12.1 Å². The van der Waals surface area contributed by atoms with Gasteiger partial charge in [0.1, 0.15) is 11.4 Å². The minimum Gasteiger partial charge on any atom is -0.444 e. The lowest BCUT2D eigenvalue weighted by Gasteiger charge is -2.46. The molecule has 1 amide bonds. The molecule has 0 spiro atoms. The van der Waals surface area contributed by atoms with Crippen molar-refractivity contribution in [3.63, 3.8) is 0 Å². The molecule has 30 heavy (non-hydrogen) atoms. The molecule has 158 valence electrons. The Balaban J connectivity index is 1.96. The first-order valence-corrected chi connectivity index (χ1v) is 10.00. The Morgan fingerprint density at radius 1 is 1.30 bits per heavy atom. The van der Waals surface area contributed by atoms with Gasteiger partial charge in [-0.15, -0.1) is 0 Å². The Morgan fingerprint density at radius 3 is 2.73 bits per heavy atom. The van der Waals surface area contributed by atoms with Crippen molar-refractivity contribution in [2.24, 2.45) is 0 Å². The average Bonchev–Trinajstić information content (AvgIpc) is 2.72. The first-order valence-electron chi connectivity index (χ1n) is 10.00. The second kappa shape index (κ2) is 8.80. The van der Waals surface area contributed by atoms with E-state index in [2.05, 4.69) is 4.98 Å². The van der Waals surface area contributed by atoms with Gasteiger partial charge in [-0.05, 0) is 57.9 Å². The zero-order valence-corrected chi connectivity index (χ0v) is 17.5. The number of hydrogen-bond acceptors (Lipinski definition) is 5. The van der Waals surface area contributed by atoms with E-state index in [1.165, 1.54) is 12.1 Å². The summed E-state index contributed by atoms with van der Waals surface area (Å²) < 4.78 is 26.4. The molecule has 0 aliphatic carbocycles. The maximum atomic E-state index is 14.4. The molecule has 0 radical (unpaired) electrons. The number of halogens is 1. The molecule has 1 unspecified atom stereocenters. The molecule has 1 atom stereocenters. The zero-order chi connectivity index (χ0) is 21.8. The van der Waals surface area contributed by atoms with Crippen LogP contribution in [0.5, 0.6) is 0 Å². The minimum atomic E-state index is -1.16. The molecule has 1 aromatic heterocycles. The Kier molecular flexibility index (Phi) is 6.37. The largest absolute Gasteiger partial charge is 0.444 e. The zero-order valence-electron chi connectivity index (χ0n) is 17.5. The van der Waals surface area contributed by atoms with Gasteiger partial charge in [0, 0.05) is 24.7 Å². The van der Waals surface area contributed by atoms with E-state index in [0.29, 0.717) is 24.2 Å². The summed E-state index contributed by atoms with van der Waals surface area (Å²) in [6.45, 7) is 5.80. The molecular weight excluding hydrogens is 385 g/mol. The van der Waals surface area contributed by atoms with Crippen LogP contribution in [0.3, 0.4) is 0 Å². The number of carbonyl (C=O) groups excluding carboxylic acids is 1. The maximum absolute atomic E-state index is 14.4. The Bertz CT molecular complexity index is 937. The number of hydrogen-bond donors (Lipinski definition) is 0. The number of aromatic nitrogens is 1. The molecule has 3 rings (SSSR count). The van der Waals surface area contributed by atoms with Crippen molar-refractivity contribution in [3.05, 3.63) is 65.2 Å². The summed E-state index contributed by atoms with van der Waals surface area (Å²) in [6, 6.07) is 11.6. The smallest absolute Gasteiger partial charge is 0.412 e. The predicted octanol–water partition coefficient (Wildman–Crippen LogP) is 4.88. The monoisotopic (exact) mass is 411 g/mol. The van der Waals surface area contributed by atoms with Crippen molar-refractivity contribution in [1.29, 1.82) is 5.26 Å². The SMILES string of the molecule is CC(C)(C)OC(=O)N1CCCCC1(OCc1ccc(C#N)cc1F)c1ccccn1. The molecule has 1 aliphatic heterocycles. The highest BCUT2D eigenvalue weighted by Gasteiger charge is 2.47. The molecule has 1 saturated heterocycles. The fraction of sp³-hybridized carbons (Fsp3) is 0.435. The summed E-state index contributed by atoms with van der Waals surface area (Å²) >= 11 is 0. The van der Waals surface area contributed by atoms with Gasteiger partial charge in [-0.2, -0.15) is 5.26 Å². The van der Waals surface area contributed by atoms with Gasteiger partial charge < -0.3 is 9.47 Å². The number of rotatable bonds is 4. The normalized spacial score (nSPS) is 19.2. The van der Waals surface area contributed by atoms with Crippen molar-refractivity contribution in [3.8, 4) is 6.07 Å².